The van der Waals surface area contributed by atoms with E-state index in [0.29, 0.717) is 18.0 Å². The molecule has 1 fully saturated rings. The Balaban J connectivity index is 2.01. The van der Waals surface area contributed by atoms with Crippen LogP contribution in [0, 0.1) is 0 Å². The summed E-state index contributed by atoms with van der Waals surface area (Å²) in [6.07, 6.45) is 3.55. The lowest BCUT2D eigenvalue weighted by Crippen LogP contribution is -2.46. The van der Waals surface area contributed by atoms with E-state index in [-0.39, 0.29) is 11.8 Å². The zero-order valence-corrected chi connectivity index (χ0v) is 9.28. The van der Waals surface area contributed by atoms with Crippen molar-refractivity contribution in [1.82, 2.24) is 4.90 Å². The van der Waals surface area contributed by atoms with Gasteiger partial charge in [0.15, 0.2) is 0 Å². The van der Waals surface area contributed by atoms with E-state index in [1.165, 1.54) is 11.0 Å². The second kappa shape index (κ2) is 4.49. The highest BCUT2D eigenvalue weighted by Crippen LogP contribution is 2.12. The number of β-lactam (4-membered cyclic amide) rings is 1. The van der Waals surface area contributed by atoms with E-state index >= 15 is 0 Å². The number of likely N-dealkylation sites (tertiary alicyclic amines) is 1. The van der Waals surface area contributed by atoms with Crippen molar-refractivity contribution in [3.05, 3.63) is 40.9 Å². The number of carbonyl (C=O) groups is 2. The van der Waals surface area contributed by atoms with E-state index in [2.05, 4.69) is 0 Å². The predicted octanol–water partition coefficient (Wildman–Crippen LogP) is 2.11. The second-order valence-corrected chi connectivity index (χ2v) is 3.95. The van der Waals surface area contributed by atoms with Crippen molar-refractivity contribution >= 4 is 29.5 Å². The van der Waals surface area contributed by atoms with Crippen molar-refractivity contribution in [2.24, 2.45) is 0 Å². The monoisotopic (exact) mass is 235 g/mol. The molecule has 0 aliphatic carbocycles. The molecule has 1 aromatic carbocycles. The number of amides is 2. The van der Waals surface area contributed by atoms with Gasteiger partial charge in [-0.15, -0.1) is 0 Å². The Hall–Kier alpha value is -1.61. The molecule has 0 N–H and O–H groups in total. The number of halogens is 1. The number of imide groups is 1. The summed E-state index contributed by atoms with van der Waals surface area (Å²) in [5, 5.41) is 0.654. The number of rotatable bonds is 2. The van der Waals surface area contributed by atoms with Gasteiger partial charge in [0.05, 0.1) is 0 Å². The molecule has 3 nitrogen and oxygen atoms in total. The minimum atomic E-state index is -0.258. The Morgan fingerprint density at radius 1 is 1.31 bits per heavy atom. The lowest BCUT2D eigenvalue weighted by atomic mass is 10.1. The summed E-state index contributed by atoms with van der Waals surface area (Å²) in [4.78, 5) is 23.7. The van der Waals surface area contributed by atoms with E-state index in [1.54, 1.807) is 18.2 Å². The van der Waals surface area contributed by atoms with Crippen molar-refractivity contribution in [2.45, 2.75) is 6.42 Å². The normalized spacial score (nSPS) is 15.3. The molecule has 1 aromatic rings. The third kappa shape index (κ3) is 2.31. The number of benzene rings is 1. The first-order valence-electron chi connectivity index (χ1n) is 4.95. The molecule has 0 saturated carbocycles. The third-order valence-corrected chi connectivity index (χ3v) is 2.66. The minimum absolute atomic E-state index is 0.106. The molecule has 2 amide bonds. The maximum atomic E-state index is 11.5. The van der Waals surface area contributed by atoms with Crippen LogP contribution in [0.1, 0.15) is 12.0 Å². The minimum Gasteiger partial charge on any atom is -0.278 e. The number of nitrogens with zero attached hydrogens (tertiary/aromatic N) is 1. The molecule has 4 heteroatoms. The molecule has 1 heterocycles. The van der Waals surface area contributed by atoms with Crippen LogP contribution in [0.3, 0.4) is 0 Å². The van der Waals surface area contributed by atoms with E-state index in [4.69, 9.17) is 11.6 Å². The SMILES string of the molecule is O=C(/C=C/c1ccc(Cl)cc1)N1CCC1=O. The van der Waals surface area contributed by atoms with E-state index < -0.39 is 0 Å². The van der Waals surface area contributed by atoms with Crippen molar-refractivity contribution in [1.29, 1.82) is 0 Å². The van der Waals surface area contributed by atoms with E-state index in [0.717, 1.165) is 5.56 Å². The summed E-state index contributed by atoms with van der Waals surface area (Å²) >= 11 is 5.73. The molecular formula is C12H10ClNO2. The molecule has 0 atom stereocenters. The van der Waals surface area contributed by atoms with Gasteiger partial charge in [-0.3, -0.25) is 14.5 Å². The average molecular weight is 236 g/mol. The van der Waals surface area contributed by atoms with E-state index in [1.807, 2.05) is 12.1 Å². The molecule has 1 aliphatic rings. The van der Waals surface area contributed by atoms with Crippen LogP contribution in [0.15, 0.2) is 30.3 Å². The largest absolute Gasteiger partial charge is 0.278 e. The topological polar surface area (TPSA) is 37.4 Å². The van der Waals surface area contributed by atoms with Gasteiger partial charge in [-0.05, 0) is 23.8 Å². The third-order valence-electron chi connectivity index (χ3n) is 2.40. The predicted molar refractivity (Wildman–Crippen MR) is 61.8 cm³/mol. The fourth-order valence-corrected chi connectivity index (χ4v) is 1.51. The summed E-state index contributed by atoms with van der Waals surface area (Å²) < 4.78 is 0. The van der Waals surface area contributed by atoms with Crippen LogP contribution >= 0.6 is 11.6 Å². The Morgan fingerprint density at radius 3 is 2.50 bits per heavy atom. The van der Waals surface area contributed by atoms with Crippen LogP contribution in [-0.2, 0) is 9.59 Å². The molecule has 0 spiro atoms. The van der Waals surface area contributed by atoms with Gasteiger partial charge in [0.1, 0.15) is 0 Å². The summed E-state index contributed by atoms with van der Waals surface area (Å²) in [6, 6.07) is 7.12. The molecule has 82 valence electrons. The second-order valence-electron chi connectivity index (χ2n) is 3.52. The number of hydrogen-bond donors (Lipinski definition) is 0. The molecule has 2 rings (SSSR count). The van der Waals surface area contributed by atoms with Crippen LogP contribution in [0.5, 0.6) is 0 Å². The lowest BCUT2D eigenvalue weighted by Gasteiger charge is -2.27. The molecular weight excluding hydrogens is 226 g/mol. The van der Waals surface area contributed by atoms with Crippen molar-refractivity contribution in [3.8, 4) is 0 Å². The smallest absolute Gasteiger partial charge is 0.253 e. The van der Waals surface area contributed by atoms with Gasteiger partial charge in [0, 0.05) is 24.1 Å². The first-order chi connectivity index (χ1) is 7.66. The maximum absolute atomic E-state index is 11.5. The molecule has 0 aromatic heterocycles. The lowest BCUT2D eigenvalue weighted by molar-refractivity contribution is -0.149. The van der Waals surface area contributed by atoms with Crippen LogP contribution in [0.2, 0.25) is 5.02 Å². The Kier molecular flexibility index (Phi) is 3.06. The summed E-state index contributed by atoms with van der Waals surface area (Å²) in [7, 11) is 0. The number of carbonyl (C=O) groups excluding carboxylic acids is 2. The van der Waals surface area contributed by atoms with Gasteiger partial charge in [-0.1, -0.05) is 23.7 Å². The summed E-state index contributed by atoms with van der Waals surface area (Å²) in [5.74, 6) is -0.364. The molecule has 16 heavy (non-hydrogen) atoms. The van der Waals surface area contributed by atoms with Gasteiger partial charge in [0.25, 0.3) is 5.91 Å². The van der Waals surface area contributed by atoms with Crippen LogP contribution < -0.4 is 0 Å². The fourth-order valence-electron chi connectivity index (χ4n) is 1.38. The Bertz CT molecular complexity index is 451. The van der Waals surface area contributed by atoms with E-state index in [9.17, 15) is 9.59 Å². The van der Waals surface area contributed by atoms with Gasteiger partial charge < -0.3 is 0 Å². The van der Waals surface area contributed by atoms with Gasteiger partial charge in [0.2, 0.25) is 5.91 Å². The summed E-state index contributed by atoms with van der Waals surface area (Å²) in [5.41, 5.74) is 0.880. The van der Waals surface area contributed by atoms with Crippen LogP contribution in [-0.4, -0.2) is 23.3 Å². The van der Waals surface area contributed by atoms with Gasteiger partial charge in [-0.25, -0.2) is 0 Å². The molecule has 0 unspecified atom stereocenters. The van der Waals surface area contributed by atoms with Crippen LogP contribution in [0.4, 0.5) is 0 Å². The van der Waals surface area contributed by atoms with Crippen molar-refractivity contribution in [2.75, 3.05) is 6.54 Å². The maximum Gasteiger partial charge on any atom is 0.253 e. The van der Waals surface area contributed by atoms with Crippen molar-refractivity contribution in [3.63, 3.8) is 0 Å². The first kappa shape index (κ1) is 10.9. The zero-order valence-electron chi connectivity index (χ0n) is 8.52. The highest BCUT2D eigenvalue weighted by molar-refractivity contribution is 6.30. The highest BCUT2D eigenvalue weighted by Gasteiger charge is 2.27. The van der Waals surface area contributed by atoms with Gasteiger partial charge >= 0.3 is 0 Å². The molecule has 0 radical (unpaired) electrons. The van der Waals surface area contributed by atoms with Gasteiger partial charge in [-0.2, -0.15) is 0 Å². The zero-order chi connectivity index (χ0) is 11.5. The van der Waals surface area contributed by atoms with Crippen LogP contribution in [0.25, 0.3) is 6.08 Å². The highest BCUT2D eigenvalue weighted by atomic mass is 35.5. The quantitative estimate of drug-likeness (QED) is 0.582. The standard InChI is InChI=1S/C12H10ClNO2/c13-10-4-1-9(2-5-10)3-6-11(15)14-8-7-12(14)16/h1-6H,7-8H2/b6-3+. The molecule has 0 bridgehead atoms. The molecule has 1 saturated heterocycles. The first-order valence-corrected chi connectivity index (χ1v) is 5.32. The fraction of sp³-hybridized carbons (Fsp3) is 0.167. The number of hydrogen-bond acceptors (Lipinski definition) is 2. The Morgan fingerprint density at radius 2 is 2.00 bits per heavy atom. The van der Waals surface area contributed by atoms with Crippen molar-refractivity contribution < 1.29 is 9.59 Å². The molecule has 1 aliphatic heterocycles. The Labute approximate surface area is 98.3 Å². The summed E-state index contributed by atoms with van der Waals surface area (Å²) in [6.45, 7) is 0.530. The average Bonchev–Trinajstić information content (AvgIpc) is 2.26.